The van der Waals surface area contributed by atoms with Crippen molar-refractivity contribution in [3.8, 4) is 17.1 Å². The Morgan fingerprint density at radius 2 is 1.96 bits per heavy atom. The van der Waals surface area contributed by atoms with Gasteiger partial charge >= 0.3 is 0 Å². The van der Waals surface area contributed by atoms with E-state index < -0.39 is 11.9 Å². The molecule has 2 saturated heterocycles. The second-order valence-electron chi connectivity index (χ2n) is 12.9. The van der Waals surface area contributed by atoms with Crippen molar-refractivity contribution in [2.45, 2.75) is 50.9 Å². The number of amides is 2. The summed E-state index contributed by atoms with van der Waals surface area (Å²) < 4.78 is 38.2. The van der Waals surface area contributed by atoms with Crippen LogP contribution in [-0.2, 0) is 9.59 Å². The maximum Gasteiger partial charge on any atom is 0.251 e. The molecule has 2 aromatic carbocycles. The number of halogens is 2. The van der Waals surface area contributed by atoms with Crippen LogP contribution in [0.2, 0.25) is 0 Å². The summed E-state index contributed by atoms with van der Waals surface area (Å²) in [5.74, 6) is -1.20. The summed E-state index contributed by atoms with van der Waals surface area (Å²) in [5.41, 5.74) is 2.14. The molecule has 0 spiro atoms. The molecule has 8 rings (SSSR count). The van der Waals surface area contributed by atoms with E-state index in [-0.39, 0.29) is 59.5 Å². The molecule has 236 valence electrons. The lowest BCUT2D eigenvalue weighted by atomic mass is 9.95. The average Bonchev–Trinajstić information content (AvgIpc) is 3.49. The maximum atomic E-state index is 16.9. The van der Waals surface area contributed by atoms with E-state index in [2.05, 4.69) is 16.5 Å². The van der Waals surface area contributed by atoms with E-state index in [0.29, 0.717) is 46.4 Å². The summed E-state index contributed by atoms with van der Waals surface area (Å²) in [5, 5.41) is 1.80. The second-order valence-corrected chi connectivity index (χ2v) is 12.9. The van der Waals surface area contributed by atoms with Crippen molar-refractivity contribution < 1.29 is 23.1 Å². The quantitative estimate of drug-likeness (QED) is 0.302. The third-order valence-corrected chi connectivity index (χ3v) is 10.3. The number of carbonyl (C=O) groups excluding carboxylic acids is 2. The van der Waals surface area contributed by atoms with E-state index >= 15 is 4.39 Å². The highest BCUT2D eigenvalue weighted by Gasteiger charge is 2.50. The number of ether oxygens (including phenoxy) is 1. The molecule has 0 radical (unpaired) electrons. The van der Waals surface area contributed by atoms with E-state index in [4.69, 9.17) is 9.72 Å². The summed E-state index contributed by atoms with van der Waals surface area (Å²) in [7, 11) is 2.05. The summed E-state index contributed by atoms with van der Waals surface area (Å²) in [6, 6.07) is 7.63. The highest BCUT2D eigenvalue weighted by molar-refractivity contribution is 6.14. The van der Waals surface area contributed by atoms with Crippen LogP contribution >= 0.6 is 0 Å². The number of benzene rings is 2. The Labute approximate surface area is 265 Å². The van der Waals surface area contributed by atoms with Crippen molar-refractivity contribution >= 4 is 44.9 Å². The largest absolute Gasteiger partial charge is 0.469 e. The first kappa shape index (κ1) is 28.8. The molecule has 46 heavy (non-hydrogen) atoms. The molecule has 0 N–H and O–H groups in total. The van der Waals surface area contributed by atoms with Gasteiger partial charge in [0.1, 0.15) is 34.9 Å². The SMILES string of the molecule is C=CC(=O)N1C[C@@H]2C(=O)N3C[C@H]([C@@H]4CCCN4C)Oc4nc5c(F)c(-c6cccc7ccc(F)c(C)c67)ncc5c(c43)N2C[C@H]1C. The van der Waals surface area contributed by atoms with E-state index in [9.17, 15) is 14.0 Å². The Morgan fingerprint density at radius 3 is 2.72 bits per heavy atom. The minimum Gasteiger partial charge on any atom is -0.469 e. The molecule has 0 aliphatic carbocycles. The van der Waals surface area contributed by atoms with Crippen molar-refractivity contribution in [3.63, 3.8) is 0 Å². The number of carbonyl (C=O) groups is 2. The molecule has 2 amide bonds. The molecular formula is C35H34F2N6O3. The first-order valence-corrected chi connectivity index (χ1v) is 15.8. The number of aryl methyl sites for hydroxylation is 1. The summed E-state index contributed by atoms with van der Waals surface area (Å²) in [6.45, 7) is 9.01. The molecule has 4 atom stereocenters. The molecule has 6 heterocycles. The van der Waals surface area contributed by atoms with Crippen LogP contribution in [0.4, 0.5) is 20.2 Å². The molecule has 0 saturated carbocycles. The standard InChI is InChI=1S/C35H34F2N6O3/c1-5-27(44)41-16-25-35(45)43-17-26(24-10-7-13-40(24)4)46-34-33(43)32(42(25)15-18(41)2)22-14-38-30(29(37)31(22)39-34)21-9-6-8-20-11-12-23(36)19(3)28(20)21/h5-6,8-9,11-12,14,18,24-26H,1,7,10,13,15-17H2,2-4H3/t18-,24+,25-,26-/m1/s1. The Morgan fingerprint density at radius 1 is 1.13 bits per heavy atom. The van der Waals surface area contributed by atoms with Gasteiger partial charge in [0.05, 0.1) is 18.8 Å². The maximum absolute atomic E-state index is 16.9. The van der Waals surface area contributed by atoms with Crippen LogP contribution in [0, 0.1) is 18.6 Å². The topological polar surface area (TPSA) is 82.1 Å². The minimum absolute atomic E-state index is 0.0596. The Balaban J connectivity index is 1.35. The number of likely N-dealkylation sites (tertiary alicyclic amines) is 1. The summed E-state index contributed by atoms with van der Waals surface area (Å²) in [6.07, 6.45) is 4.42. The number of fused-ring (bicyclic) bond motifs is 5. The highest BCUT2D eigenvalue weighted by Crippen LogP contribution is 2.51. The fourth-order valence-electron chi connectivity index (χ4n) is 7.98. The van der Waals surface area contributed by atoms with E-state index in [1.54, 1.807) is 41.1 Å². The zero-order valence-corrected chi connectivity index (χ0v) is 26.0. The monoisotopic (exact) mass is 624 g/mol. The number of rotatable bonds is 3. The van der Waals surface area contributed by atoms with E-state index in [0.717, 1.165) is 24.8 Å². The Hall–Kier alpha value is -4.64. The molecule has 2 aromatic heterocycles. The molecular weight excluding hydrogens is 590 g/mol. The van der Waals surface area contributed by atoms with Crippen LogP contribution in [-0.4, -0.2) is 89.0 Å². The van der Waals surface area contributed by atoms with Gasteiger partial charge in [0.15, 0.2) is 5.82 Å². The van der Waals surface area contributed by atoms with Crippen LogP contribution < -0.4 is 14.5 Å². The number of pyridine rings is 2. The minimum atomic E-state index is -0.683. The third-order valence-electron chi connectivity index (χ3n) is 10.3. The van der Waals surface area contributed by atoms with Gasteiger partial charge in [-0.15, -0.1) is 0 Å². The van der Waals surface area contributed by atoms with Crippen LogP contribution in [0.5, 0.6) is 5.88 Å². The predicted octanol–water partition coefficient (Wildman–Crippen LogP) is 4.83. The normalized spacial score (nSPS) is 24.3. The lowest BCUT2D eigenvalue weighted by molar-refractivity contribution is -0.131. The van der Waals surface area contributed by atoms with Crippen LogP contribution in [0.25, 0.3) is 32.9 Å². The van der Waals surface area contributed by atoms with Crippen molar-refractivity contribution in [1.29, 1.82) is 0 Å². The van der Waals surface area contributed by atoms with Gasteiger partial charge in [-0.2, -0.15) is 0 Å². The lowest BCUT2D eigenvalue weighted by Crippen LogP contribution is -2.67. The summed E-state index contributed by atoms with van der Waals surface area (Å²) >= 11 is 0. The molecule has 0 unspecified atom stereocenters. The first-order chi connectivity index (χ1) is 22.2. The van der Waals surface area contributed by atoms with Gasteiger partial charge in [0.25, 0.3) is 5.91 Å². The van der Waals surface area contributed by atoms with E-state index in [1.165, 1.54) is 12.1 Å². The first-order valence-electron chi connectivity index (χ1n) is 15.8. The average molecular weight is 625 g/mol. The molecule has 9 nitrogen and oxygen atoms in total. The van der Waals surface area contributed by atoms with Crippen LogP contribution in [0.3, 0.4) is 0 Å². The van der Waals surface area contributed by atoms with Gasteiger partial charge in [-0.05, 0) is 68.8 Å². The predicted molar refractivity (Wildman–Crippen MR) is 172 cm³/mol. The van der Waals surface area contributed by atoms with E-state index in [1.807, 2.05) is 24.9 Å². The number of anilines is 2. The molecule has 2 fully saturated rings. The zero-order chi connectivity index (χ0) is 32.0. The van der Waals surface area contributed by atoms with Crippen LogP contribution in [0.1, 0.15) is 25.3 Å². The lowest BCUT2D eigenvalue weighted by Gasteiger charge is -2.52. The van der Waals surface area contributed by atoms with Crippen molar-refractivity contribution in [2.75, 3.05) is 43.0 Å². The zero-order valence-electron chi connectivity index (χ0n) is 26.0. The van der Waals surface area contributed by atoms with Crippen molar-refractivity contribution in [3.05, 3.63) is 66.4 Å². The number of likely N-dealkylation sites (N-methyl/N-ethyl adjacent to an activating group) is 1. The smallest absolute Gasteiger partial charge is 0.251 e. The molecule has 4 aliphatic rings. The summed E-state index contributed by atoms with van der Waals surface area (Å²) in [4.78, 5) is 44.1. The van der Waals surface area contributed by atoms with Gasteiger partial charge < -0.3 is 19.4 Å². The number of hydrogen-bond acceptors (Lipinski definition) is 7. The van der Waals surface area contributed by atoms with Gasteiger partial charge in [0.2, 0.25) is 11.8 Å². The number of nitrogens with zero attached hydrogens (tertiary/aromatic N) is 6. The molecule has 4 aromatic rings. The van der Waals surface area contributed by atoms with Gasteiger partial charge in [0, 0.05) is 35.8 Å². The van der Waals surface area contributed by atoms with Gasteiger partial charge in [-0.1, -0.05) is 30.8 Å². The highest BCUT2D eigenvalue weighted by atomic mass is 19.1. The van der Waals surface area contributed by atoms with Crippen LogP contribution in [0.15, 0.2) is 49.2 Å². The number of piperazine rings is 1. The van der Waals surface area contributed by atoms with Crippen molar-refractivity contribution in [1.82, 2.24) is 19.8 Å². The Kier molecular flexibility index (Phi) is 6.54. The molecule has 0 bridgehead atoms. The third kappa shape index (κ3) is 4.07. The number of aromatic nitrogens is 2. The fraction of sp³-hybridized carbons (Fsp3) is 0.371. The molecule has 4 aliphatic heterocycles. The number of hydrogen-bond donors (Lipinski definition) is 0. The molecule has 11 heteroatoms. The van der Waals surface area contributed by atoms with Gasteiger partial charge in [-0.25, -0.2) is 13.8 Å². The second kappa shape index (κ2) is 10.4. The van der Waals surface area contributed by atoms with Crippen molar-refractivity contribution in [2.24, 2.45) is 0 Å². The van der Waals surface area contributed by atoms with Gasteiger partial charge in [-0.3, -0.25) is 19.5 Å². The fourth-order valence-corrected chi connectivity index (χ4v) is 7.98. The Bertz CT molecular complexity index is 1980.